The third-order valence-electron chi connectivity index (χ3n) is 4.64. The first-order chi connectivity index (χ1) is 14.4. The second-order valence-electron chi connectivity index (χ2n) is 6.85. The highest BCUT2D eigenvalue weighted by molar-refractivity contribution is 7.18. The lowest BCUT2D eigenvalue weighted by Crippen LogP contribution is -2.46. The molecule has 1 amide bonds. The number of thiazole rings is 1. The molecule has 0 spiro atoms. The average Bonchev–Trinajstić information content (AvgIpc) is 3.06. The van der Waals surface area contributed by atoms with E-state index in [-0.39, 0.29) is 19.6 Å². The number of fused-ring (bicyclic) bond motifs is 2. The molecular formula is C21H18F2N2O4S. The second-order valence-corrected chi connectivity index (χ2v) is 7.97. The van der Waals surface area contributed by atoms with Crippen molar-refractivity contribution in [1.82, 2.24) is 4.98 Å². The van der Waals surface area contributed by atoms with Crippen LogP contribution in [0.25, 0.3) is 10.2 Å². The van der Waals surface area contributed by atoms with Crippen LogP contribution < -0.4 is 9.64 Å². The average molecular weight is 432 g/mol. The van der Waals surface area contributed by atoms with E-state index in [1.165, 1.54) is 16.2 Å². The molecule has 3 aromatic rings. The molecule has 2 heterocycles. The van der Waals surface area contributed by atoms with Crippen LogP contribution in [0.5, 0.6) is 5.75 Å². The summed E-state index contributed by atoms with van der Waals surface area (Å²) >= 11 is 1.17. The minimum Gasteiger partial charge on any atom is -0.478 e. The van der Waals surface area contributed by atoms with Gasteiger partial charge in [-0.1, -0.05) is 6.07 Å². The van der Waals surface area contributed by atoms with Crippen molar-refractivity contribution < 1.29 is 27.8 Å². The largest absolute Gasteiger partial charge is 0.478 e. The van der Waals surface area contributed by atoms with Crippen LogP contribution in [0.15, 0.2) is 30.3 Å². The van der Waals surface area contributed by atoms with Gasteiger partial charge in [0.05, 0.1) is 35.5 Å². The predicted octanol–water partition coefficient (Wildman–Crippen LogP) is 4.13. The summed E-state index contributed by atoms with van der Waals surface area (Å²) < 4.78 is 38.3. The van der Waals surface area contributed by atoms with Crippen molar-refractivity contribution in [3.8, 4) is 5.75 Å². The van der Waals surface area contributed by atoms with Gasteiger partial charge in [0.15, 0.2) is 17.7 Å². The molecule has 1 aliphatic heterocycles. The summed E-state index contributed by atoms with van der Waals surface area (Å²) in [6, 6.07) is 7.52. The number of aromatic nitrogens is 1. The number of ether oxygens (including phenoxy) is 2. The van der Waals surface area contributed by atoms with Crippen molar-refractivity contribution in [3.05, 3.63) is 52.5 Å². The maximum absolute atomic E-state index is 13.5. The van der Waals surface area contributed by atoms with Crippen LogP contribution >= 0.6 is 11.3 Å². The standard InChI is InChI=1S/C21H18F2N2O4S/c1-3-28-20(26)9-17-21(27)25(15-5-4-11(2)6-16(15)29-17)10-19-24-14-7-12(22)13(23)8-18(14)30-19/h4-8,17H,3,9-10H2,1-2H3. The number of hydrogen-bond acceptors (Lipinski definition) is 6. The van der Waals surface area contributed by atoms with E-state index < -0.39 is 29.6 Å². The molecule has 6 nitrogen and oxygen atoms in total. The van der Waals surface area contributed by atoms with Gasteiger partial charge in [-0.15, -0.1) is 11.3 Å². The molecule has 30 heavy (non-hydrogen) atoms. The lowest BCUT2D eigenvalue weighted by molar-refractivity contribution is -0.147. The molecule has 0 N–H and O–H groups in total. The summed E-state index contributed by atoms with van der Waals surface area (Å²) in [6.07, 6.45) is -1.24. The summed E-state index contributed by atoms with van der Waals surface area (Å²) in [7, 11) is 0. The van der Waals surface area contributed by atoms with Gasteiger partial charge in [0.25, 0.3) is 5.91 Å². The topological polar surface area (TPSA) is 68.7 Å². The number of rotatable bonds is 5. The molecule has 2 aromatic carbocycles. The Morgan fingerprint density at radius 3 is 2.80 bits per heavy atom. The van der Waals surface area contributed by atoms with Crippen molar-refractivity contribution in [3.63, 3.8) is 0 Å². The van der Waals surface area contributed by atoms with Gasteiger partial charge >= 0.3 is 5.97 Å². The van der Waals surface area contributed by atoms with Gasteiger partial charge in [0.1, 0.15) is 10.8 Å². The molecule has 0 aliphatic carbocycles. The normalized spacial score (nSPS) is 15.8. The third kappa shape index (κ3) is 3.85. The highest BCUT2D eigenvalue weighted by Crippen LogP contribution is 2.37. The van der Waals surface area contributed by atoms with Gasteiger partial charge in [-0.2, -0.15) is 0 Å². The smallest absolute Gasteiger partial charge is 0.310 e. The maximum Gasteiger partial charge on any atom is 0.310 e. The molecule has 0 saturated carbocycles. The van der Waals surface area contributed by atoms with Crippen LogP contribution in [0.3, 0.4) is 0 Å². The number of nitrogens with zero attached hydrogens (tertiary/aromatic N) is 2. The number of esters is 1. The van der Waals surface area contributed by atoms with E-state index in [2.05, 4.69) is 4.98 Å². The summed E-state index contributed by atoms with van der Waals surface area (Å²) in [5.41, 5.74) is 1.80. The van der Waals surface area contributed by atoms with Crippen molar-refractivity contribution in [2.45, 2.75) is 32.9 Å². The van der Waals surface area contributed by atoms with Gasteiger partial charge in [-0.25, -0.2) is 13.8 Å². The summed E-state index contributed by atoms with van der Waals surface area (Å²) in [5.74, 6) is -2.39. The van der Waals surface area contributed by atoms with E-state index in [4.69, 9.17) is 9.47 Å². The van der Waals surface area contributed by atoms with E-state index in [0.717, 1.165) is 17.7 Å². The van der Waals surface area contributed by atoms with Crippen LogP contribution in [0, 0.1) is 18.6 Å². The Labute approximate surface area is 175 Å². The molecule has 0 bridgehead atoms. The first kappa shape index (κ1) is 20.2. The van der Waals surface area contributed by atoms with Gasteiger partial charge in [-0.05, 0) is 37.6 Å². The van der Waals surface area contributed by atoms with Crippen LogP contribution in [-0.4, -0.2) is 29.6 Å². The summed E-state index contributed by atoms with van der Waals surface area (Å²) in [4.78, 5) is 30.8. The number of aryl methyl sites for hydroxylation is 1. The zero-order valence-electron chi connectivity index (χ0n) is 16.3. The van der Waals surface area contributed by atoms with Crippen LogP contribution in [0.1, 0.15) is 23.9 Å². The van der Waals surface area contributed by atoms with Gasteiger partial charge < -0.3 is 9.47 Å². The molecule has 156 valence electrons. The molecule has 1 unspecified atom stereocenters. The van der Waals surface area contributed by atoms with Crippen LogP contribution in [0.4, 0.5) is 14.5 Å². The number of carbonyl (C=O) groups excluding carboxylic acids is 2. The Kier molecular flexibility index (Phi) is 5.38. The number of carbonyl (C=O) groups is 2. The van der Waals surface area contributed by atoms with Crippen molar-refractivity contribution in [2.24, 2.45) is 0 Å². The summed E-state index contributed by atoms with van der Waals surface area (Å²) in [5, 5.41) is 0.506. The predicted molar refractivity (Wildman–Crippen MR) is 108 cm³/mol. The zero-order valence-corrected chi connectivity index (χ0v) is 17.1. The summed E-state index contributed by atoms with van der Waals surface area (Å²) in [6.45, 7) is 3.87. The Hall–Kier alpha value is -3.07. The fourth-order valence-corrected chi connectivity index (χ4v) is 4.24. The number of halogens is 2. The van der Waals surface area contributed by atoms with Crippen molar-refractivity contribution >= 4 is 39.1 Å². The highest BCUT2D eigenvalue weighted by atomic mass is 32.1. The molecule has 0 radical (unpaired) electrons. The van der Waals surface area contributed by atoms with Gasteiger partial charge in [-0.3, -0.25) is 14.5 Å². The fraction of sp³-hybridized carbons (Fsp3) is 0.286. The van der Waals surface area contributed by atoms with E-state index in [0.29, 0.717) is 26.7 Å². The lowest BCUT2D eigenvalue weighted by Gasteiger charge is -2.33. The molecule has 1 atom stereocenters. The van der Waals surface area contributed by atoms with Gasteiger partial charge in [0.2, 0.25) is 0 Å². The number of hydrogen-bond donors (Lipinski definition) is 0. The second kappa shape index (κ2) is 7.98. The maximum atomic E-state index is 13.5. The van der Waals surface area contributed by atoms with Crippen molar-refractivity contribution in [1.29, 1.82) is 0 Å². The zero-order chi connectivity index (χ0) is 21.4. The van der Waals surface area contributed by atoms with Crippen LogP contribution in [0.2, 0.25) is 0 Å². The molecule has 1 aromatic heterocycles. The first-order valence-corrected chi connectivity index (χ1v) is 10.2. The fourth-order valence-electron chi connectivity index (χ4n) is 3.27. The molecule has 1 aliphatic rings. The molecule has 4 rings (SSSR count). The van der Waals surface area contributed by atoms with E-state index in [1.807, 2.05) is 13.0 Å². The van der Waals surface area contributed by atoms with Gasteiger partial charge in [0, 0.05) is 6.07 Å². The minimum atomic E-state index is -1.03. The molecule has 9 heteroatoms. The Balaban J connectivity index is 1.68. The SMILES string of the molecule is CCOC(=O)CC1Oc2cc(C)ccc2N(Cc2nc3cc(F)c(F)cc3s2)C1=O. The Bertz CT molecular complexity index is 1110. The lowest BCUT2D eigenvalue weighted by atomic mass is 10.1. The number of amides is 1. The quantitative estimate of drug-likeness (QED) is 0.567. The number of benzene rings is 2. The molecular weight excluding hydrogens is 414 g/mol. The van der Waals surface area contributed by atoms with Crippen LogP contribution in [-0.2, 0) is 20.9 Å². The number of anilines is 1. The highest BCUT2D eigenvalue weighted by Gasteiger charge is 2.36. The van der Waals surface area contributed by atoms with E-state index in [1.54, 1.807) is 19.1 Å². The molecule has 0 fully saturated rings. The van der Waals surface area contributed by atoms with Crippen molar-refractivity contribution in [2.75, 3.05) is 11.5 Å². The third-order valence-corrected chi connectivity index (χ3v) is 5.65. The molecule has 0 saturated heterocycles. The van der Waals surface area contributed by atoms with E-state index in [9.17, 15) is 18.4 Å². The van der Waals surface area contributed by atoms with E-state index >= 15 is 0 Å². The Morgan fingerprint density at radius 1 is 1.27 bits per heavy atom. The minimum absolute atomic E-state index is 0.0835. The Morgan fingerprint density at radius 2 is 2.03 bits per heavy atom. The monoisotopic (exact) mass is 432 g/mol. The first-order valence-electron chi connectivity index (χ1n) is 9.34.